The zero-order valence-corrected chi connectivity index (χ0v) is 14.4. The Kier molecular flexibility index (Phi) is 5.56. The van der Waals surface area contributed by atoms with Crippen molar-refractivity contribution in [2.75, 3.05) is 18.0 Å². The minimum absolute atomic E-state index is 0.151. The van der Waals surface area contributed by atoms with Crippen molar-refractivity contribution in [1.82, 2.24) is 0 Å². The van der Waals surface area contributed by atoms with Crippen LogP contribution in [0.3, 0.4) is 0 Å². The third-order valence-electron chi connectivity index (χ3n) is 5.27. The van der Waals surface area contributed by atoms with Gasteiger partial charge in [-0.05, 0) is 49.3 Å². The molecular weight excluding hydrogens is 280 g/mol. The van der Waals surface area contributed by atoms with E-state index in [4.69, 9.17) is 17.3 Å². The molecule has 2 N–H and O–H groups in total. The molecule has 1 aromatic rings. The lowest BCUT2D eigenvalue weighted by atomic mass is 9.74. The number of hydrogen-bond acceptors (Lipinski definition) is 2. The second-order valence-electron chi connectivity index (χ2n) is 6.65. The number of halogens is 1. The van der Waals surface area contributed by atoms with Gasteiger partial charge in [-0.3, -0.25) is 0 Å². The van der Waals surface area contributed by atoms with Crippen LogP contribution in [0.15, 0.2) is 18.2 Å². The molecule has 0 spiro atoms. The average Bonchev–Trinajstić information content (AvgIpc) is 2.49. The molecule has 1 heterocycles. The van der Waals surface area contributed by atoms with E-state index < -0.39 is 0 Å². The Bertz CT molecular complexity index is 456. The van der Waals surface area contributed by atoms with Gasteiger partial charge >= 0.3 is 0 Å². The summed E-state index contributed by atoms with van der Waals surface area (Å²) in [5, 5.41) is 0.854. The summed E-state index contributed by atoms with van der Waals surface area (Å²) in [5.41, 5.74) is 8.85. The number of benzene rings is 1. The SMILES string of the molecule is CCC1(CC)CCN(c2ccc(CC(C)N)c(Cl)c2)CC1. The molecular formula is C18H29ClN2. The molecule has 1 fully saturated rings. The van der Waals surface area contributed by atoms with Gasteiger partial charge in [0, 0.05) is 29.8 Å². The Morgan fingerprint density at radius 1 is 1.24 bits per heavy atom. The van der Waals surface area contributed by atoms with Crippen LogP contribution >= 0.6 is 11.6 Å². The van der Waals surface area contributed by atoms with E-state index in [0.29, 0.717) is 5.41 Å². The summed E-state index contributed by atoms with van der Waals surface area (Å²) in [6, 6.07) is 6.61. The zero-order valence-electron chi connectivity index (χ0n) is 13.7. The number of rotatable bonds is 5. The summed E-state index contributed by atoms with van der Waals surface area (Å²) in [5.74, 6) is 0. The van der Waals surface area contributed by atoms with E-state index in [9.17, 15) is 0 Å². The van der Waals surface area contributed by atoms with Crippen LogP contribution < -0.4 is 10.6 Å². The topological polar surface area (TPSA) is 29.3 Å². The van der Waals surface area contributed by atoms with Crippen molar-refractivity contribution in [3.05, 3.63) is 28.8 Å². The maximum absolute atomic E-state index is 6.42. The molecule has 21 heavy (non-hydrogen) atoms. The minimum atomic E-state index is 0.151. The van der Waals surface area contributed by atoms with E-state index in [0.717, 1.165) is 30.1 Å². The number of nitrogens with zero attached hydrogens (tertiary/aromatic N) is 1. The summed E-state index contributed by atoms with van der Waals surface area (Å²) in [7, 11) is 0. The highest BCUT2D eigenvalue weighted by molar-refractivity contribution is 6.31. The molecule has 1 saturated heterocycles. The Hall–Kier alpha value is -0.730. The van der Waals surface area contributed by atoms with Crippen molar-refractivity contribution in [3.8, 4) is 0 Å². The fraction of sp³-hybridized carbons (Fsp3) is 0.667. The van der Waals surface area contributed by atoms with E-state index >= 15 is 0 Å². The zero-order chi connectivity index (χ0) is 15.5. The molecule has 3 heteroatoms. The van der Waals surface area contributed by atoms with E-state index in [1.54, 1.807) is 0 Å². The smallest absolute Gasteiger partial charge is 0.0459 e. The predicted octanol–water partition coefficient (Wildman–Crippen LogP) is 4.64. The Morgan fingerprint density at radius 2 is 1.86 bits per heavy atom. The standard InChI is InChI=1S/C18H29ClN2/c1-4-18(5-2)8-10-21(11-9-18)16-7-6-15(12-14(3)20)17(19)13-16/h6-7,13-14H,4-5,8-12,20H2,1-3H3. The van der Waals surface area contributed by atoms with Crippen LogP contribution in [0.25, 0.3) is 0 Å². The Labute approximate surface area is 134 Å². The van der Waals surface area contributed by atoms with Crippen molar-refractivity contribution in [2.45, 2.75) is 58.9 Å². The van der Waals surface area contributed by atoms with Gasteiger partial charge in [0.05, 0.1) is 0 Å². The average molecular weight is 309 g/mol. The van der Waals surface area contributed by atoms with Crippen molar-refractivity contribution < 1.29 is 0 Å². The van der Waals surface area contributed by atoms with Crippen molar-refractivity contribution in [3.63, 3.8) is 0 Å². The fourth-order valence-electron chi connectivity index (χ4n) is 3.44. The molecule has 0 amide bonds. The van der Waals surface area contributed by atoms with Gasteiger partial charge in [0.15, 0.2) is 0 Å². The molecule has 1 aliphatic heterocycles. The van der Waals surface area contributed by atoms with Crippen LogP contribution in [0.5, 0.6) is 0 Å². The van der Waals surface area contributed by atoms with Crippen molar-refractivity contribution in [1.29, 1.82) is 0 Å². The molecule has 0 radical (unpaired) electrons. The molecule has 2 nitrogen and oxygen atoms in total. The molecule has 1 unspecified atom stereocenters. The van der Waals surface area contributed by atoms with Gasteiger partial charge in [-0.1, -0.05) is 44.4 Å². The largest absolute Gasteiger partial charge is 0.371 e. The monoisotopic (exact) mass is 308 g/mol. The number of hydrogen-bond donors (Lipinski definition) is 1. The summed E-state index contributed by atoms with van der Waals surface area (Å²) in [6.45, 7) is 8.97. The summed E-state index contributed by atoms with van der Waals surface area (Å²) < 4.78 is 0. The summed E-state index contributed by atoms with van der Waals surface area (Å²) >= 11 is 6.42. The highest BCUT2D eigenvalue weighted by Gasteiger charge is 2.31. The van der Waals surface area contributed by atoms with Crippen molar-refractivity contribution >= 4 is 17.3 Å². The lowest BCUT2D eigenvalue weighted by Crippen LogP contribution is -2.39. The first-order valence-electron chi connectivity index (χ1n) is 8.28. The van der Waals surface area contributed by atoms with Crippen LogP contribution in [-0.4, -0.2) is 19.1 Å². The highest BCUT2D eigenvalue weighted by Crippen LogP contribution is 2.39. The van der Waals surface area contributed by atoms with Crippen LogP contribution in [0, 0.1) is 5.41 Å². The maximum atomic E-state index is 6.42. The van der Waals surface area contributed by atoms with Crippen molar-refractivity contribution in [2.24, 2.45) is 11.1 Å². The summed E-state index contributed by atoms with van der Waals surface area (Å²) in [6.07, 6.45) is 6.02. The van der Waals surface area contributed by atoms with Crippen LogP contribution in [-0.2, 0) is 6.42 Å². The number of anilines is 1. The normalized spacial score (nSPS) is 19.6. The van der Waals surface area contributed by atoms with Crippen LogP contribution in [0.2, 0.25) is 5.02 Å². The molecule has 0 aliphatic carbocycles. The molecule has 1 atom stereocenters. The number of piperidine rings is 1. The van der Waals surface area contributed by atoms with E-state index in [2.05, 4.69) is 36.9 Å². The molecule has 1 aliphatic rings. The first kappa shape index (κ1) is 16.6. The lowest BCUT2D eigenvalue weighted by Gasteiger charge is -2.42. The maximum Gasteiger partial charge on any atom is 0.0459 e. The minimum Gasteiger partial charge on any atom is -0.371 e. The first-order valence-corrected chi connectivity index (χ1v) is 8.66. The third kappa shape index (κ3) is 3.92. The molecule has 1 aromatic carbocycles. The van der Waals surface area contributed by atoms with E-state index in [-0.39, 0.29) is 6.04 Å². The fourth-order valence-corrected chi connectivity index (χ4v) is 3.69. The second kappa shape index (κ2) is 7.02. The van der Waals surface area contributed by atoms with Crippen LogP contribution in [0.4, 0.5) is 5.69 Å². The molecule has 118 valence electrons. The summed E-state index contributed by atoms with van der Waals surface area (Å²) in [4.78, 5) is 2.48. The number of nitrogens with two attached hydrogens (primary N) is 1. The van der Waals surface area contributed by atoms with Gasteiger partial charge in [-0.2, -0.15) is 0 Å². The van der Waals surface area contributed by atoms with Gasteiger partial charge in [0.1, 0.15) is 0 Å². The molecule has 0 aromatic heterocycles. The molecule has 2 rings (SSSR count). The van der Waals surface area contributed by atoms with Crippen LogP contribution in [0.1, 0.15) is 52.0 Å². The van der Waals surface area contributed by atoms with Gasteiger partial charge in [-0.25, -0.2) is 0 Å². The van der Waals surface area contributed by atoms with E-state index in [1.165, 1.54) is 31.4 Å². The predicted molar refractivity (Wildman–Crippen MR) is 93.3 cm³/mol. The molecule has 0 bridgehead atoms. The Morgan fingerprint density at radius 3 is 2.33 bits per heavy atom. The van der Waals surface area contributed by atoms with Gasteiger partial charge in [0.25, 0.3) is 0 Å². The quantitative estimate of drug-likeness (QED) is 0.859. The van der Waals surface area contributed by atoms with Gasteiger partial charge in [-0.15, -0.1) is 0 Å². The lowest BCUT2D eigenvalue weighted by molar-refractivity contribution is 0.199. The molecule has 0 saturated carbocycles. The Balaban J connectivity index is 2.05. The second-order valence-corrected chi connectivity index (χ2v) is 7.06. The first-order chi connectivity index (χ1) is 9.99. The van der Waals surface area contributed by atoms with Gasteiger partial charge in [0.2, 0.25) is 0 Å². The third-order valence-corrected chi connectivity index (χ3v) is 5.62. The highest BCUT2D eigenvalue weighted by atomic mass is 35.5. The van der Waals surface area contributed by atoms with Gasteiger partial charge < -0.3 is 10.6 Å². The van der Waals surface area contributed by atoms with E-state index in [1.807, 2.05) is 6.92 Å².